The summed E-state index contributed by atoms with van der Waals surface area (Å²) in [6.45, 7) is 0.750. The number of oxime groups is 1. The van der Waals surface area contributed by atoms with E-state index in [4.69, 9.17) is 59.3 Å². The normalized spacial score (nSPS) is 16.6. The number of hydrogen-bond donors (Lipinski definition) is 7. The van der Waals surface area contributed by atoms with Crippen LogP contribution in [0.3, 0.4) is 0 Å². The average molecular weight is 1260 g/mol. The predicted octanol–water partition coefficient (Wildman–Crippen LogP) is 1.81. The lowest BCUT2D eigenvalue weighted by Crippen LogP contribution is -2.40. The van der Waals surface area contributed by atoms with Gasteiger partial charge in [0, 0.05) is 32.5 Å². The largest absolute Gasteiger partial charge is 0.474 e. The molecule has 8 aromatic rings. The molecule has 4 atom stereocenters. The molecule has 452 valence electrons. The van der Waals surface area contributed by atoms with Gasteiger partial charge in [0.1, 0.15) is 36.4 Å². The van der Waals surface area contributed by atoms with Crippen molar-refractivity contribution in [3.63, 3.8) is 0 Å². The number of carbonyl (C=O) groups excluding carboxylic acids is 2. The Morgan fingerprint density at radius 3 is 1.66 bits per heavy atom. The molecular weight excluding hydrogens is 1210 g/mol. The van der Waals surface area contributed by atoms with Gasteiger partial charge in [-0.1, -0.05) is 56.3 Å². The monoisotopic (exact) mass is 1250 g/mol. The van der Waals surface area contributed by atoms with Crippen molar-refractivity contribution >= 4 is 52.5 Å². The van der Waals surface area contributed by atoms with Crippen molar-refractivity contribution in [2.75, 3.05) is 59.1 Å². The maximum atomic E-state index is 13.6. The number of nitrogens with two attached hydrogens (primary N) is 1. The third kappa shape index (κ3) is 15.2. The van der Waals surface area contributed by atoms with Crippen LogP contribution < -0.4 is 36.8 Å². The minimum atomic E-state index is -0.971. The Bertz CT molecular complexity index is 3720. The Kier molecular flexibility index (Phi) is 20.8. The lowest BCUT2D eigenvalue weighted by Gasteiger charge is -2.16. The van der Waals surface area contributed by atoms with E-state index in [1.807, 2.05) is 0 Å². The van der Waals surface area contributed by atoms with Gasteiger partial charge in [-0.25, -0.2) is 50.6 Å². The summed E-state index contributed by atoms with van der Waals surface area (Å²) >= 11 is 17.2. The molecule has 2 fully saturated rings. The minimum absolute atomic E-state index is 0.00547. The lowest BCUT2D eigenvalue weighted by molar-refractivity contribution is -0.130. The van der Waals surface area contributed by atoms with Gasteiger partial charge < -0.3 is 60.7 Å². The van der Waals surface area contributed by atoms with Gasteiger partial charge in [-0.15, -0.1) is 0 Å². The smallest absolute Gasteiger partial charge is 0.446 e. The number of likely N-dealkylation sites (tertiary alicyclic amines) is 2. The van der Waals surface area contributed by atoms with Crippen LogP contribution in [0.15, 0.2) is 92.3 Å². The summed E-state index contributed by atoms with van der Waals surface area (Å²) in [5.74, 6) is -4.17. The third-order valence-corrected chi connectivity index (χ3v) is 12.9. The molecule has 0 saturated carbocycles. The average Bonchev–Trinajstić information content (AvgIpc) is 4.44. The van der Waals surface area contributed by atoms with Crippen molar-refractivity contribution in [1.29, 1.82) is 0 Å². The van der Waals surface area contributed by atoms with Gasteiger partial charge in [-0.2, -0.15) is 0 Å². The number of urea groups is 1. The summed E-state index contributed by atoms with van der Waals surface area (Å²) in [6, 6.07) is 10.9. The highest BCUT2D eigenvalue weighted by Gasteiger charge is 2.34. The molecule has 32 nitrogen and oxygen atoms in total. The molecule has 3 aromatic carbocycles. The third-order valence-electron chi connectivity index (χ3n) is 12.0. The SMILES string of the molecule is NCCOc1nonc1-c1noc(=O)n1-c1ccc(F)c(Cl)c1.O=C(CCCOc1nonc1-c1noc(=O)n1-c1ccc(F)c(Cl)c1)N1C[C@@H](O)[C@@H](O)C1.O=C(NCCOc1nonc1C(Cc1ccc(Cl)c(F)c1)=NO)N1C[C@@H](O)[C@@H](O)C1. The first kappa shape index (κ1) is 62.1. The van der Waals surface area contributed by atoms with Crippen molar-refractivity contribution in [2.45, 2.75) is 43.7 Å². The number of β-amino-alcohol motifs (C(OH)–C–C–N with tert-alkyl or cyclic N) is 4. The highest BCUT2D eigenvalue weighted by atomic mass is 35.5. The van der Waals surface area contributed by atoms with Crippen LogP contribution in [0.4, 0.5) is 18.0 Å². The van der Waals surface area contributed by atoms with Gasteiger partial charge in [-0.3, -0.25) is 13.8 Å². The van der Waals surface area contributed by atoms with E-state index in [1.54, 1.807) is 6.07 Å². The number of carbonyl (C=O) groups is 2. The molecule has 2 aliphatic rings. The van der Waals surface area contributed by atoms with E-state index in [2.05, 4.69) is 70.1 Å². The van der Waals surface area contributed by atoms with Crippen LogP contribution >= 0.6 is 34.8 Å². The molecule has 3 amide bonds. The summed E-state index contributed by atoms with van der Waals surface area (Å²) in [5.41, 5.74) is 6.25. The number of amides is 3. The number of benzene rings is 3. The van der Waals surface area contributed by atoms with Gasteiger partial charge in [-0.05, 0) is 91.5 Å². The molecule has 2 aliphatic heterocycles. The maximum Gasteiger partial charge on any atom is 0.446 e. The first-order valence-electron chi connectivity index (χ1n) is 24.7. The van der Waals surface area contributed by atoms with E-state index in [9.17, 15) is 58.0 Å². The van der Waals surface area contributed by atoms with Crippen molar-refractivity contribution in [3.05, 3.63) is 119 Å². The Morgan fingerprint density at radius 1 is 0.635 bits per heavy atom. The summed E-state index contributed by atoms with van der Waals surface area (Å²) in [4.78, 5) is 50.8. The number of aliphatic hydroxyl groups is 4. The summed E-state index contributed by atoms with van der Waals surface area (Å²) in [7, 11) is 0. The number of aromatic nitrogens is 10. The zero-order valence-electron chi connectivity index (χ0n) is 43.3. The van der Waals surface area contributed by atoms with Crippen LogP contribution in [0.25, 0.3) is 34.4 Å². The van der Waals surface area contributed by atoms with E-state index in [0.29, 0.717) is 12.0 Å². The van der Waals surface area contributed by atoms with Gasteiger partial charge in [0.15, 0.2) is 5.69 Å². The van der Waals surface area contributed by atoms with Crippen LogP contribution in [0.2, 0.25) is 15.1 Å². The standard InChI is InChI=1S/C18H17ClFN5O7.C17H19ClFN5O6.C12H9ClFN5O4/c19-10-6-9(3-4-11(10)20)25-16(22-31-18(25)29)15-17(23-32-21-15)30-5-1-2-14(28)24-7-12(26)13(27)8-24;18-10-2-1-9(5-11(10)19)6-12(21-28)15-16(23-30-22-15)29-4-3-20-17(27)24-7-13(25)14(26)8-24;13-7-5-6(1-2-8(7)14)19-10(17-22-12(19)20)9-11(18-23-16-9)21-4-3-15/h3-4,6,12-13,26-27H,1-2,5,7-8H2;1-2,5,13-14,25-26,28H,3-4,6-8H2,(H,20,27);1-2,5H,3-4,15H2/t12-,13+;13-,14+;. The van der Waals surface area contributed by atoms with Crippen LogP contribution in [0, 0.1) is 17.5 Å². The van der Waals surface area contributed by atoms with Crippen LogP contribution in [0.5, 0.6) is 17.6 Å². The van der Waals surface area contributed by atoms with Crippen LogP contribution in [0.1, 0.15) is 24.1 Å². The quantitative estimate of drug-likeness (QED) is 0.0263. The molecule has 0 spiro atoms. The summed E-state index contributed by atoms with van der Waals surface area (Å²) in [5, 5.41) is 81.7. The molecule has 38 heteroatoms. The number of hydrogen-bond acceptors (Lipinski definition) is 27. The van der Waals surface area contributed by atoms with Crippen LogP contribution in [-0.2, 0) is 11.2 Å². The fourth-order valence-corrected chi connectivity index (χ4v) is 8.29. The molecule has 85 heavy (non-hydrogen) atoms. The molecular formula is C47H45Cl3F3N15O17. The second-order valence-electron chi connectivity index (χ2n) is 17.8. The van der Waals surface area contributed by atoms with Crippen molar-refractivity contribution in [2.24, 2.45) is 10.9 Å². The van der Waals surface area contributed by atoms with E-state index in [-0.39, 0.29) is 156 Å². The highest BCUT2D eigenvalue weighted by Crippen LogP contribution is 2.30. The molecule has 5 aromatic heterocycles. The number of nitrogens with one attached hydrogen (secondary N) is 1. The van der Waals surface area contributed by atoms with Crippen molar-refractivity contribution in [3.8, 4) is 52.1 Å². The number of aliphatic hydroxyl groups excluding tert-OH is 4. The molecule has 0 aliphatic carbocycles. The van der Waals surface area contributed by atoms with Gasteiger partial charge >= 0.3 is 17.5 Å². The first-order chi connectivity index (χ1) is 40.8. The Morgan fingerprint density at radius 2 is 1.14 bits per heavy atom. The van der Waals surface area contributed by atoms with E-state index >= 15 is 0 Å². The second-order valence-corrected chi connectivity index (χ2v) is 19.0. The minimum Gasteiger partial charge on any atom is -0.474 e. The molecule has 8 N–H and O–H groups in total. The van der Waals surface area contributed by atoms with Crippen molar-refractivity contribution < 1.29 is 85.5 Å². The fourth-order valence-electron chi connectivity index (χ4n) is 7.82. The Labute approximate surface area is 487 Å². The Hall–Kier alpha value is -8.97. The highest BCUT2D eigenvalue weighted by molar-refractivity contribution is 6.31. The Balaban J connectivity index is 0.000000168. The predicted molar refractivity (Wildman–Crippen MR) is 279 cm³/mol. The number of ether oxygens (including phenoxy) is 3. The van der Waals surface area contributed by atoms with Gasteiger partial charge in [0.05, 0.1) is 77.1 Å². The topological polar surface area (TPSA) is 433 Å². The molecule has 7 heterocycles. The number of nitrogens with zero attached hydrogens (tertiary/aromatic N) is 13. The molecule has 10 rings (SSSR count). The molecule has 0 radical (unpaired) electrons. The van der Waals surface area contributed by atoms with Gasteiger partial charge in [0.2, 0.25) is 28.9 Å². The van der Waals surface area contributed by atoms with Crippen LogP contribution in [-0.4, -0.2) is 187 Å². The number of halogens is 6. The van der Waals surface area contributed by atoms with E-state index < -0.39 is 59.4 Å². The number of rotatable bonds is 19. The lowest BCUT2D eigenvalue weighted by atomic mass is 10.1. The second kappa shape index (κ2) is 28.5. The molecule has 2 saturated heterocycles. The van der Waals surface area contributed by atoms with E-state index in [0.717, 1.165) is 21.3 Å². The van der Waals surface area contributed by atoms with E-state index in [1.165, 1.54) is 46.2 Å². The fraction of sp³-hybridized carbons (Fsp3) is 0.340. The zero-order chi connectivity index (χ0) is 60.9. The molecule has 0 unspecified atom stereocenters. The maximum absolute atomic E-state index is 13.6. The summed E-state index contributed by atoms with van der Waals surface area (Å²) < 4.78 is 81.8. The van der Waals surface area contributed by atoms with Gasteiger partial charge in [0.25, 0.3) is 17.6 Å². The zero-order valence-corrected chi connectivity index (χ0v) is 45.6. The molecule has 0 bridgehead atoms. The summed E-state index contributed by atoms with van der Waals surface area (Å²) in [6.07, 6.45) is -3.42. The van der Waals surface area contributed by atoms with Crippen molar-refractivity contribution in [1.82, 2.24) is 65.5 Å². The first-order valence-corrected chi connectivity index (χ1v) is 25.8.